The van der Waals surface area contributed by atoms with Gasteiger partial charge in [0, 0.05) is 29.1 Å². The number of esters is 4. The second-order valence-corrected chi connectivity index (χ2v) is 28.4. The van der Waals surface area contributed by atoms with Gasteiger partial charge in [0.1, 0.15) is 24.1 Å². The van der Waals surface area contributed by atoms with E-state index in [9.17, 15) is 28.8 Å². The minimum absolute atomic E-state index is 0.00238. The van der Waals surface area contributed by atoms with Crippen molar-refractivity contribution in [2.75, 3.05) is 0 Å². The van der Waals surface area contributed by atoms with E-state index in [0.29, 0.717) is 113 Å². The van der Waals surface area contributed by atoms with Gasteiger partial charge in [-0.05, 0) is 227 Å². The zero-order valence-electron chi connectivity index (χ0n) is 46.9. The molecule has 0 aliphatic heterocycles. The lowest BCUT2D eigenvalue weighted by molar-refractivity contribution is -0.167. The molecule has 8 saturated carbocycles. The predicted octanol–water partition coefficient (Wildman–Crippen LogP) is 13.0. The van der Waals surface area contributed by atoms with Crippen LogP contribution >= 0.6 is 0 Å². The fraction of sp³-hybridized carbons (Fsp3) is 0.758. The number of carbonyl (C=O) groups is 6. The minimum Gasteiger partial charge on any atom is -0.462 e. The summed E-state index contributed by atoms with van der Waals surface area (Å²) in [5.41, 5.74) is 5.07. The summed E-state index contributed by atoms with van der Waals surface area (Å²) in [6, 6.07) is 6.11. The summed E-state index contributed by atoms with van der Waals surface area (Å²) >= 11 is 0. The number of allylic oxidation sites excluding steroid dienone is 2. The van der Waals surface area contributed by atoms with Crippen LogP contribution in [0.25, 0.3) is 0 Å². The molecule has 11 aliphatic rings. The van der Waals surface area contributed by atoms with E-state index in [0.717, 1.165) is 103 Å². The molecule has 0 heterocycles. The molecule has 0 aromatic heterocycles. The van der Waals surface area contributed by atoms with E-state index in [1.807, 2.05) is 24.3 Å². The highest BCUT2D eigenvalue weighted by atomic mass is 16.6. The highest BCUT2D eigenvalue weighted by Crippen LogP contribution is 2.68. The quantitative estimate of drug-likeness (QED) is 0.126. The number of hydrogen-bond acceptors (Lipinski definition) is 10. The van der Waals surface area contributed by atoms with Crippen molar-refractivity contribution in [3.8, 4) is 5.75 Å². The van der Waals surface area contributed by atoms with E-state index in [-0.39, 0.29) is 83.9 Å². The van der Waals surface area contributed by atoms with Crippen molar-refractivity contribution in [3.05, 3.63) is 52.6 Å². The number of hydrogen-bond donors (Lipinski definition) is 0. The fourth-order valence-corrected chi connectivity index (χ4v) is 21.6. The predicted molar refractivity (Wildman–Crippen MR) is 287 cm³/mol. The van der Waals surface area contributed by atoms with E-state index < -0.39 is 5.97 Å². The Bertz CT molecular complexity index is 2590. The second kappa shape index (κ2) is 19.9. The monoisotopic (exact) mass is 1040 g/mol. The van der Waals surface area contributed by atoms with Gasteiger partial charge < -0.3 is 18.9 Å². The smallest absolute Gasteiger partial charge is 0.311 e. The number of rotatable bonds is 10. The van der Waals surface area contributed by atoms with Crippen molar-refractivity contribution in [1.29, 1.82) is 0 Å². The molecule has 0 bridgehead atoms. The Kier molecular flexibility index (Phi) is 13.8. The normalized spacial score (nSPS) is 44.6. The van der Waals surface area contributed by atoms with E-state index in [1.54, 1.807) is 0 Å². The first-order valence-electron chi connectivity index (χ1n) is 30.7. The van der Waals surface area contributed by atoms with Crippen LogP contribution in [0.5, 0.6) is 5.75 Å². The summed E-state index contributed by atoms with van der Waals surface area (Å²) in [5, 5.41) is 0. The fourth-order valence-electron chi connectivity index (χ4n) is 21.6. The Hall–Kier alpha value is -4.08. The lowest BCUT2D eigenvalue weighted by atomic mass is 9.47. The Morgan fingerprint density at radius 2 is 0.974 bits per heavy atom. The van der Waals surface area contributed by atoms with Crippen LogP contribution < -0.4 is 4.74 Å². The first-order valence-corrected chi connectivity index (χ1v) is 30.7. The zero-order valence-corrected chi connectivity index (χ0v) is 46.9. The summed E-state index contributed by atoms with van der Waals surface area (Å²) in [5.74, 6) is 7.46. The van der Waals surface area contributed by atoms with Gasteiger partial charge in [-0.2, -0.15) is 0 Å². The van der Waals surface area contributed by atoms with Gasteiger partial charge in [-0.25, -0.2) is 0 Å². The largest absolute Gasteiger partial charge is 0.462 e. The topological polar surface area (TPSA) is 139 Å². The second-order valence-electron chi connectivity index (χ2n) is 28.4. The van der Waals surface area contributed by atoms with E-state index in [4.69, 9.17) is 18.9 Å². The Labute approximate surface area is 452 Å². The molecule has 0 radical (unpaired) electrons. The van der Waals surface area contributed by atoms with Crippen LogP contribution in [0.1, 0.15) is 200 Å². The Balaban J connectivity index is 0.597. The molecule has 76 heavy (non-hydrogen) atoms. The van der Waals surface area contributed by atoms with E-state index in [1.165, 1.54) is 22.3 Å². The van der Waals surface area contributed by atoms with Crippen LogP contribution in [0.3, 0.4) is 0 Å². The molecule has 10 heteroatoms. The van der Waals surface area contributed by atoms with Crippen LogP contribution in [0, 0.1) is 99.1 Å². The van der Waals surface area contributed by atoms with Crippen LogP contribution in [0.2, 0.25) is 0 Å². The summed E-state index contributed by atoms with van der Waals surface area (Å²) in [4.78, 5) is 78.5. The third-order valence-electron chi connectivity index (χ3n) is 24.4. The maximum absolute atomic E-state index is 13.6. The number of carbonyl (C=O) groups excluding carboxylic acids is 6. The molecular weight excluding hydrogens is 953 g/mol. The summed E-state index contributed by atoms with van der Waals surface area (Å²) < 4.78 is 24.8. The third kappa shape index (κ3) is 8.92. The Morgan fingerprint density at radius 1 is 0.500 bits per heavy atom. The summed E-state index contributed by atoms with van der Waals surface area (Å²) in [6.45, 7) is 16.6. The van der Waals surface area contributed by atoms with E-state index >= 15 is 0 Å². The molecule has 8 fully saturated rings. The molecule has 0 spiro atoms. The van der Waals surface area contributed by atoms with E-state index in [2.05, 4.69) is 54.5 Å². The number of ketones is 2. The molecule has 1 aromatic carbocycles. The van der Waals surface area contributed by atoms with Gasteiger partial charge in [-0.1, -0.05) is 65.7 Å². The van der Waals surface area contributed by atoms with Crippen molar-refractivity contribution in [3.63, 3.8) is 0 Å². The molecule has 12 rings (SSSR count). The standard InChI is InChI=1S/C66H88O10/c1-35-28-40-30-42(67)9-13-46(40)60-37(3)33-65(6)51(62(35)60)17-20-54(65)75-58(71)23-22-56(69)73-44-11-15-45-39(32-44)8-12-49-48(45)26-27-64(5)50(49)16-19-53(64)74-57(70)24-25-59(72)76-55-21-18-52-63-36(2)29-41-31-43(68)10-14-47(41)61(63)38(4)34-66(52,55)7/h11,15,30-32,35-38,46-55,60-63H,8-10,12-14,16-29,33-34H2,1-7H3/t35-,36-,37+,38+,46?,47?,48?,49?,50?,51?,52?,53+,54+,55+,60?,61?,62?,63?,64+,65+,66+/m1/s1. The summed E-state index contributed by atoms with van der Waals surface area (Å²) in [7, 11) is 0. The lowest BCUT2D eigenvalue weighted by Gasteiger charge is -2.58. The molecule has 412 valence electrons. The van der Waals surface area contributed by atoms with Crippen molar-refractivity contribution in [2.24, 2.45) is 99.1 Å². The maximum atomic E-state index is 13.6. The first-order chi connectivity index (χ1) is 36.3. The third-order valence-corrected chi connectivity index (χ3v) is 24.4. The van der Waals surface area contributed by atoms with Crippen molar-refractivity contribution in [2.45, 2.75) is 214 Å². The molecule has 11 unspecified atom stereocenters. The van der Waals surface area contributed by atoms with Gasteiger partial charge in [-0.3, -0.25) is 28.8 Å². The van der Waals surface area contributed by atoms with Crippen molar-refractivity contribution < 1.29 is 47.7 Å². The summed E-state index contributed by atoms with van der Waals surface area (Å²) in [6.07, 6.45) is 20.6. The molecule has 11 aliphatic carbocycles. The average Bonchev–Trinajstić information content (AvgIpc) is 4.04. The number of benzene rings is 1. The molecule has 0 amide bonds. The number of aryl methyl sites for hydroxylation is 1. The van der Waals surface area contributed by atoms with Gasteiger partial charge in [-0.15, -0.1) is 0 Å². The van der Waals surface area contributed by atoms with Gasteiger partial charge in [0.2, 0.25) is 0 Å². The maximum Gasteiger partial charge on any atom is 0.311 e. The molecule has 10 nitrogen and oxygen atoms in total. The van der Waals surface area contributed by atoms with Gasteiger partial charge in [0.15, 0.2) is 11.6 Å². The number of fused-ring (bicyclic) bond motifs is 15. The molecule has 1 aromatic rings. The average molecular weight is 1040 g/mol. The number of ether oxygens (including phenoxy) is 4. The van der Waals surface area contributed by atoms with Crippen LogP contribution in [-0.4, -0.2) is 53.8 Å². The highest BCUT2D eigenvalue weighted by Gasteiger charge is 2.63. The first kappa shape index (κ1) is 52.6. The molecule has 0 N–H and O–H groups in total. The van der Waals surface area contributed by atoms with Crippen LogP contribution in [0.4, 0.5) is 0 Å². The SMILES string of the molecule is C[C@@H]1CC2=CC(=O)CCC2C2C1C1CC[C@H](OC(=O)CCC(=O)Oc3ccc4c(c3)CCC3C4CC[C@@]4(C)C3CC[C@@H]4OC(=O)CCC(=O)O[C@H]3CCC4C5C(C6CCC(=O)C=C6C[C@H]5C)[C@@H](C)C[C@@]43C)[C@@]1(C)C[C@@H]2C. The minimum atomic E-state index is -0.419. The Morgan fingerprint density at radius 3 is 1.49 bits per heavy atom. The van der Waals surface area contributed by atoms with Gasteiger partial charge in [0.25, 0.3) is 0 Å². The van der Waals surface area contributed by atoms with Crippen molar-refractivity contribution >= 4 is 35.4 Å². The molecular formula is C66H88O10. The molecule has 21 atom stereocenters. The molecule has 0 saturated heterocycles. The highest BCUT2D eigenvalue weighted by molar-refractivity contribution is 5.92. The lowest BCUT2D eigenvalue weighted by Crippen LogP contribution is -2.54. The van der Waals surface area contributed by atoms with Crippen LogP contribution in [-0.2, 0) is 49.4 Å². The van der Waals surface area contributed by atoms with Crippen molar-refractivity contribution in [1.82, 2.24) is 0 Å². The van der Waals surface area contributed by atoms with Crippen LogP contribution in [0.15, 0.2) is 41.5 Å². The zero-order chi connectivity index (χ0) is 53.2. The van der Waals surface area contributed by atoms with Gasteiger partial charge in [0.05, 0.1) is 25.7 Å². The van der Waals surface area contributed by atoms with Gasteiger partial charge >= 0.3 is 23.9 Å².